The summed E-state index contributed by atoms with van der Waals surface area (Å²) in [6, 6.07) is 8.44. The van der Waals surface area contributed by atoms with Crippen molar-refractivity contribution in [2.45, 2.75) is 26.3 Å². The van der Waals surface area contributed by atoms with Gasteiger partial charge in [-0.15, -0.1) is 0 Å². The molecule has 0 atom stereocenters. The first-order valence-corrected chi connectivity index (χ1v) is 6.97. The topological polar surface area (TPSA) is 39.1 Å². The van der Waals surface area contributed by atoms with Crippen LogP contribution in [0.4, 0.5) is 5.69 Å². The molecule has 0 spiro atoms. The molecule has 1 rings (SSSR count). The summed E-state index contributed by atoms with van der Waals surface area (Å²) in [7, 11) is 2.14. The van der Waals surface area contributed by atoms with Crippen LogP contribution in [0, 0.1) is 11.3 Å². The first kappa shape index (κ1) is 15.0. The van der Waals surface area contributed by atoms with Crippen LogP contribution in [0.25, 0.3) is 0 Å². The zero-order valence-electron chi connectivity index (χ0n) is 11.2. The lowest BCUT2D eigenvalue weighted by molar-refractivity contribution is 0.273. The first-order chi connectivity index (χ1) is 8.54. The molecule has 0 unspecified atom stereocenters. The van der Waals surface area contributed by atoms with E-state index in [0.29, 0.717) is 11.6 Å². The molecule has 1 aromatic carbocycles. The van der Waals surface area contributed by atoms with Crippen molar-refractivity contribution in [1.29, 1.82) is 5.26 Å². The van der Waals surface area contributed by atoms with Crippen LogP contribution < -0.4 is 5.32 Å². The number of benzene rings is 1. The number of nitrogens with one attached hydrogen (secondary N) is 1. The molecule has 0 aliphatic carbocycles. The SMILES string of the molecule is CC(C)N(C)CCCNc1ccc(C#N)c(Br)c1. The maximum Gasteiger partial charge on any atom is 0.100 e. The summed E-state index contributed by atoms with van der Waals surface area (Å²) in [4.78, 5) is 2.33. The standard InChI is InChI=1S/C14H20BrN3/c1-11(2)18(3)8-4-7-17-13-6-5-12(10-16)14(15)9-13/h5-6,9,11,17H,4,7-8H2,1-3H3. The highest BCUT2D eigenvalue weighted by Gasteiger charge is 2.03. The molecular formula is C14H20BrN3. The van der Waals surface area contributed by atoms with E-state index in [-0.39, 0.29) is 0 Å². The average molecular weight is 310 g/mol. The lowest BCUT2D eigenvalue weighted by atomic mass is 10.2. The summed E-state index contributed by atoms with van der Waals surface area (Å²) >= 11 is 3.39. The molecule has 0 fully saturated rings. The summed E-state index contributed by atoms with van der Waals surface area (Å²) in [5, 5.41) is 12.2. The average Bonchev–Trinajstić information content (AvgIpc) is 2.34. The number of nitrogens with zero attached hydrogens (tertiary/aromatic N) is 2. The number of hydrogen-bond donors (Lipinski definition) is 1. The lowest BCUT2D eigenvalue weighted by Crippen LogP contribution is -2.28. The minimum Gasteiger partial charge on any atom is -0.385 e. The van der Waals surface area contributed by atoms with Crippen LogP contribution in [-0.2, 0) is 0 Å². The highest BCUT2D eigenvalue weighted by Crippen LogP contribution is 2.20. The largest absolute Gasteiger partial charge is 0.385 e. The molecule has 1 N–H and O–H groups in total. The second kappa shape index (κ2) is 7.40. The molecule has 4 heteroatoms. The molecule has 3 nitrogen and oxygen atoms in total. The lowest BCUT2D eigenvalue weighted by Gasteiger charge is -2.20. The van der Waals surface area contributed by atoms with Crippen molar-refractivity contribution in [3.8, 4) is 6.07 Å². The fourth-order valence-corrected chi connectivity index (χ4v) is 2.00. The summed E-state index contributed by atoms with van der Waals surface area (Å²) in [6.45, 7) is 6.42. The Morgan fingerprint density at radius 2 is 2.17 bits per heavy atom. The van der Waals surface area contributed by atoms with E-state index in [1.807, 2.05) is 18.2 Å². The van der Waals surface area contributed by atoms with E-state index < -0.39 is 0 Å². The molecule has 98 valence electrons. The molecule has 0 aromatic heterocycles. The van der Waals surface area contributed by atoms with E-state index in [2.05, 4.69) is 53.1 Å². The minimum absolute atomic E-state index is 0.592. The van der Waals surface area contributed by atoms with Crippen molar-refractivity contribution in [1.82, 2.24) is 4.90 Å². The van der Waals surface area contributed by atoms with Crippen molar-refractivity contribution >= 4 is 21.6 Å². The first-order valence-electron chi connectivity index (χ1n) is 6.18. The van der Waals surface area contributed by atoms with E-state index in [1.165, 1.54) is 0 Å². The molecule has 0 saturated heterocycles. The maximum absolute atomic E-state index is 8.83. The smallest absolute Gasteiger partial charge is 0.100 e. The predicted octanol–water partition coefficient (Wildman–Crippen LogP) is 3.46. The van der Waals surface area contributed by atoms with Crippen LogP contribution >= 0.6 is 15.9 Å². The summed E-state index contributed by atoms with van der Waals surface area (Å²) in [5.74, 6) is 0. The molecular weight excluding hydrogens is 290 g/mol. The Labute approximate surface area is 118 Å². The Balaban J connectivity index is 2.36. The molecule has 18 heavy (non-hydrogen) atoms. The highest BCUT2D eigenvalue weighted by molar-refractivity contribution is 9.10. The summed E-state index contributed by atoms with van der Waals surface area (Å²) < 4.78 is 0.842. The third-order valence-electron chi connectivity index (χ3n) is 2.99. The molecule has 0 heterocycles. The Hall–Kier alpha value is -1.05. The number of nitriles is 1. The Kier molecular flexibility index (Phi) is 6.17. The fraction of sp³-hybridized carbons (Fsp3) is 0.500. The zero-order valence-corrected chi connectivity index (χ0v) is 12.8. The number of halogens is 1. The second-order valence-corrected chi connectivity index (χ2v) is 5.52. The number of rotatable bonds is 6. The van der Waals surface area contributed by atoms with E-state index in [9.17, 15) is 0 Å². The Morgan fingerprint density at radius 3 is 2.72 bits per heavy atom. The van der Waals surface area contributed by atoms with Crippen LogP contribution in [0.3, 0.4) is 0 Å². The van der Waals surface area contributed by atoms with Gasteiger partial charge in [0, 0.05) is 22.7 Å². The maximum atomic E-state index is 8.83. The monoisotopic (exact) mass is 309 g/mol. The summed E-state index contributed by atoms with van der Waals surface area (Å²) in [6.07, 6.45) is 1.10. The van der Waals surface area contributed by atoms with Crippen LogP contribution in [0.2, 0.25) is 0 Å². The van der Waals surface area contributed by atoms with Crippen LogP contribution in [-0.4, -0.2) is 31.1 Å². The van der Waals surface area contributed by atoms with Gasteiger partial charge in [-0.05, 0) is 68.0 Å². The molecule has 0 aliphatic rings. The Morgan fingerprint density at radius 1 is 1.44 bits per heavy atom. The Bertz CT molecular complexity index is 424. The highest BCUT2D eigenvalue weighted by atomic mass is 79.9. The quantitative estimate of drug-likeness (QED) is 0.818. The van der Waals surface area contributed by atoms with Crippen LogP contribution in [0.15, 0.2) is 22.7 Å². The van der Waals surface area contributed by atoms with Gasteiger partial charge in [-0.2, -0.15) is 5.26 Å². The van der Waals surface area contributed by atoms with E-state index in [1.54, 1.807) is 0 Å². The van der Waals surface area contributed by atoms with Gasteiger partial charge in [-0.25, -0.2) is 0 Å². The second-order valence-electron chi connectivity index (χ2n) is 4.66. The van der Waals surface area contributed by atoms with Gasteiger partial charge in [-0.1, -0.05) is 0 Å². The third kappa shape index (κ3) is 4.67. The van der Waals surface area contributed by atoms with Gasteiger partial charge in [0.1, 0.15) is 6.07 Å². The summed E-state index contributed by atoms with van der Waals surface area (Å²) in [5.41, 5.74) is 1.72. The van der Waals surface area contributed by atoms with E-state index >= 15 is 0 Å². The van der Waals surface area contributed by atoms with Crippen molar-refractivity contribution in [3.63, 3.8) is 0 Å². The van der Waals surface area contributed by atoms with Crippen molar-refractivity contribution in [3.05, 3.63) is 28.2 Å². The zero-order chi connectivity index (χ0) is 13.5. The molecule has 0 aliphatic heterocycles. The molecule has 0 bridgehead atoms. The molecule has 1 aromatic rings. The fourth-order valence-electron chi connectivity index (χ4n) is 1.54. The van der Waals surface area contributed by atoms with Gasteiger partial charge in [0.25, 0.3) is 0 Å². The number of anilines is 1. The van der Waals surface area contributed by atoms with Crippen molar-refractivity contribution in [2.24, 2.45) is 0 Å². The van der Waals surface area contributed by atoms with Crippen molar-refractivity contribution < 1.29 is 0 Å². The molecule has 0 radical (unpaired) electrons. The van der Waals surface area contributed by atoms with Gasteiger partial charge in [-0.3, -0.25) is 0 Å². The number of hydrogen-bond acceptors (Lipinski definition) is 3. The van der Waals surface area contributed by atoms with Crippen LogP contribution in [0.1, 0.15) is 25.8 Å². The van der Waals surface area contributed by atoms with Gasteiger partial charge >= 0.3 is 0 Å². The van der Waals surface area contributed by atoms with E-state index in [0.717, 1.165) is 29.7 Å². The van der Waals surface area contributed by atoms with Gasteiger partial charge in [0.2, 0.25) is 0 Å². The normalized spacial score (nSPS) is 10.7. The predicted molar refractivity (Wildman–Crippen MR) is 79.7 cm³/mol. The molecule has 0 amide bonds. The van der Waals surface area contributed by atoms with Crippen LogP contribution in [0.5, 0.6) is 0 Å². The van der Waals surface area contributed by atoms with Crippen molar-refractivity contribution in [2.75, 3.05) is 25.5 Å². The minimum atomic E-state index is 0.592. The third-order valence-corrected chi connectivity index (χ3v) is 3.64. The van der Waals surface area contributed by atoms with E-state index in [4.69, 9.17) is 5.26 Å². The van der Waals surface area contributed by atoms with Gasteiger partial charge < -0.3 is 10.2 Å². The van der Waals surface area contributed by atoms with Gasteiger partial charge in [0.05, 0.1) is 5.56 Å². The van der Waals surface area contributed by atoms with Gasteiger partial charge in [0.15, 0.2) is 0 Å². The molecule has 0 saturated carbocycles.